The normalized spacial score (nSPS) is 11.3. The number of anilines is 1. The van der Waals surface area contributed by atoms with Gasteiger partial charge in [-0.25, -0.2) is 4.39 Å². The van der Waals surface area contributed by atoms with E-state index in [0.29, 0.717) is 10.4 Å². The first-order chi connectivity index (χ1) is 10.2. The fourth-order valence-electron chi connectivity index (χ4n) is 1.62. The van der Waals surface area contributed by atoms with Crippen molar-refractivity contribution in [3.63, 3.8) is 0 Å². The first-order valence-corrected chi connectivity index (χ1v) is 6.58. The molecule has 0 atom stereocenters. The van der Waals surface area contributed by atoms with Crippen LogP contribution < -0.4 is 11.1 Å². The number of hydrogen-bond acceptors (Lipinski definition) is 3. The second kappa shape index (κ2) is 5.76. The molecular weight excluding hydrogens is 324 g/mol. The number of carbonyl (C=O) groups is 2. The molecule has 9 heteroatoms. The quantitative estimate of drug-likeness (QED) is 0.848. The van der Waals surface area contributed by atoms with Gasteiger partial charge in [-0.05, 0) is 23.8 Å². The van der Waals surface area contributed by atoms with Crippen molar-refractivity contribution in [2.75, 3.05) is 5.32 Å². The zero-order valence-electron chi connectivity index (χ0n) is 10.7. The molecule has 0 saturated heterocycles. The molecule has 116 valence electrons. The lowest BCUT2D eigenvalue weighted by atomic mass is 10.2. The van der Waals surface area contributed by atoms with Crippen molar-refractivity contribution in [3.8, 4) is 10.4 Å². The highest BCUT2D eigenvalue weighted by molar-refractivity contribution is 7.18. The number of rotatable bonds is 3. The summed E-state index contributed by atoms with van der Waals surface area (Å²) in [4.78, 5) is 22.4. The Bertz CT molecular complexity index is 723. The summed E-state index contributed by atoms with van der Waals surface area (Å²) in [6.45, 7) is 0. The number of amides is 2. The van der Waals surface area contributed by atoms with Crippen LogP contribution >= 0.6 is 11.3 Å². The van der Waals surface area contributed by atoms with E-state index in [9.17, 15) is 27.2 Å². The maximum absolute atomic E-state index is 12.9. The van der Waals surface area contributed by atoms with E-state index in [1.165, 1.54) is 18.2 Å². The topological polar surface area (TPSA) is 72.2 Å². The third-order valence-electron chi connectivity index (χ3n) is 2.59. The lowest BCUT2D eigenvalue weighted by Gasteiger charge is -2.07. The number of halogens is 4. The summed E-state index contributed by atoms with van der Waals surface area (Å²) in [5, 5.41) is 1.60. The van der Waals surface area contributed by atoms with Gasteiger partial charge in [-0.2, -0.15) is 13.2 Å². The maximum Gasteiger partial charge on any atom is 0.471 e. The molecule has 2 aromatic rings. The van der Waals surface area contributed by atoms with Crippen molar-refractivity contribution in [3.05, 3.63) is 41.0 Å². The summed E-state index contributed by atoms with van der Waals surface area (Å²) in [6, 6.07) is 6.28. The van der Waals surface area contributed by atoms with Gasteiger partial charge in [0.05, 0.1) is 5.69 Å². The fraction of sp³-hybridized carbons (Fsp3) is 0.0769. The van der Waals surface area contributed by atoms with Gasteiger partial charge < -0.3 is 11.1 Å². The van der Waals surface area contributed by atoms with Gasteiger partial charge in [0.15, 0.2) is 0 Å². The Morgan fingerprint density at radius 3 is 2.23 bits per heavy atom. The molecule has 1 heterocycles. The van der Waals surface area contributed by atoms with E-state index >= 15 is 0 Å². The lowest BCUT2D eigenvalue weighted by Crippen LogP contribution is -2.30. The van der Waals surface area contributed by atoms with E-state index < -0.39 is 23.8 Å². The molecule has 0 aliphatic carbocycles. The van der Waals surface area contributed by atoms with Crippen molar-refractivity contribution >= 4 is 28.8 Å². The van der Waals surface area contributed by atoms with E-state index in [2.05, 4.69) is 0 Å². The molecule has 4 nitrogen and oxygen atoms in total. The molecule has 0 radical (unpaired) electrons. The minimum absolute atomic E-state index is 0.225. The van der Waals surface area contributed by atoms with Gasteiger partial charge in [-0.3, -0.25) is 9.59 Å². The predicted molar refractivity (Wildman–Crippen MR) is 72.9 cm³/mol. The van der Waals surface area contributed by atoms with E-state index in [4.69, 9.17) is 5.73 Å². The molecule has 0 unspecified atom stereocenters. The van der Waals surface area contributed by atoms with E-state index in [1.54, 1.807) is 5.32 Å². The first kappa shape index (κ1) is 16.0. The molecule has 0 aliphatic rings. The van der Waals surface area contributed by atoms with Crippen LogP contribution in [-0.2, 0) is 4.79 Å². The molecule has 2 amide bonds. The summed E-state index contributed by atoms with van der Waals surface area (Å²) >= 11 is 0.800. The Morgan fingerprint density at radius 2 is 1.73 bits per heavy atom. The summed E-state index contributed by atoms with van der Waals surface area (Å²) in [7, 11) is 0. The Hall–Kier alpha value is -2.42. The second-order valence-electron chi connectivity index (χ2n) is 4.18. The van der Waals surface area contributed by atoms with Crippen LogP contribution in [0.3, 0.4) is 0 Å². The number of benzene rings is 1. The van der Waals surface area contributed by atoms with Gasteiger partial charge in [0.1, 0.15) is 10.7 Å². The van der Waals surface area contributed by atoms with Gasteiger partial charge in [-0.1, -0.05) is 12.1 Å². The van der Waals surface area contributed by atoms with Crippen LogP contribution in [0.4, 0.5) is 23.2 Å². The zero-order chi connectivity index (χ0) is 16.5. The second-order valence-corrected chi connectivity index (χ2v) is 5.23. The Kier molecular flexibility index (Phi) is 4.18. The average molecular weight is 332 g/mol. The fourth-order valence-corrected chi connectivity index (χ4v) is 2.59. The van der Waals surface area contributed by atoms with Crippen molar-refractivity contribution in [1.82, 2.24) is 0 Å². The van der Waals surface area contributed by atoms with Crippen LogP contribution in [0.1, 0.15) is 9.67 Å². The number of alkyl halides is 3. The predicted octanol–water partition coefficient (Wildman–Crippen LogP) is 3.15. The SMILES string of the molecule is NC(=O)c1sc(-c2ccc(F)cc2)cc1NC(=O)C(F)(F)F. The van der Waals surface area contributed by atoms with Crippen molar-refractivity contribution in [2.45, 2.75) is 6.18 Å². The number of nitrogens with one attached hydrogen (secondary N) is 1. The third-order valence-corrected chi connectivity index (χ3v) is 3.79. The molecule has 3 N–H and O–H groups in total. The van der Waals surface area contributed by atoms with Crippen LogP contribution in [0.15, 0.2) is 30.3 Å². The molecule has 1 aromatic carbocycles. The summed E-state index contributed by atoms with van der Waals surface area (Å²) in [5.74, 6) is -3.67. The third kappa shape index (κ3) is 3.42. The van der Waals surface area contributed by atoms with E-state index in [-0.39, 0.29) is 10.6 Å². The molecule has 0 saturated carbocycles. The Balaban J connectivity index is 2.40. The molecule has 0 bridgehead atoms. The van der Waals surface area contributed by atoms with Crippen molar-refractivity contribution in [1.29, 1.82) is 0 Å². The largest absolute Gasteiger partial charge is 0.471 e. The molecule has 0 fully saturated rings. The summed E-state index contributed by atoms with van der Waals surface area (Å²) in [5.41, 5.74) is 5.23. The molecule has 1 aromatic heterocycles. The van der Waals surface area contributed by atoms with Gasteiger partial charge in [-0.15, -0.1) is 11.3 Å². The maximum atomic E-state index is 12.9. The molecule has 0 aliphatic heterocycles. The van der Waals surface area contributed by atoms with Crippen LogP contribution in [0.25, 0.3) is 10.4 Å². The summed E-state index contributed by atoms with van der Waals surface area (Å²) < 4.78 is 49.7. The molecule has 2 rings (SSSR count). The van der Waals surface area contributed by atoms with Crippen LogP contribution in [-0.4, -0.2) is 18.0 Å². The van der Waals surface area contributed by atoms with Crippen molar-refractivity contribution < 1.29 is 27.2 Å². The molecule has 22 heavy (non-hydrogen) atoms. The minimum Gasteiger partial charge on any atom is -0.365 e. The molecule has 0 spiro atoms. The smallest absolute Gasteiger partial charge is 0.365 e. The van der Waals surface area contributed by atoms with Crippen LogP contribution in [0, 0.1) is 5.82 Å². The Morgan fingerprint density at radius 1 is 1.14 bits per heavy atom. The monoisotopic (exact) mass is 332 g/mol. The van der Waals surface area contributed by atoms with Gasteiger partial charge >= 0.3 is 12.1 Å². The van der Waals surface area contributed by atoms with Crippen LogP contribution in [0.5, 0.6) is 0 Å². The number of primary amides is 1. The number of hydrogen-bond donors (Lipinski definition) is 2. The highest BCUT2D eigenvalue weighted by Crippen LogP contribution is 2.35. The zero-order valence-corrected chi connectivity index (χ0v) is 11.5. The highest BCUT2D eigenvalue weighted by Gasteiger charge is 2.39. The van der Waals surface area contributed by atoms with Gasteiger partial charge in [0, 0.05) is 4.88 Å². The Labute approximate surface area is 125 Å². The highest BCUT2D eigenvalue weighted by atomic mass is 32.1. The van der Waals surface area contributed by atoms with Gasteiger partial charge in [0.2, 0.25) is 0 Å². The minimum atomic E-state index is -5.09. The van der Waals surface area contributed by atoms with E-state index in [1.807, 2.05) is 0 Å². The van der Waals surface area contributed by atoms with Crippen LogP contribution in [0.2, 0.25) is 0 Å². The molecular formula is C13H8F4N2O2S. The number of nitrogens with two attached hydrogens (primary N) is 1. The van der Waals surface area contributed by atoms with Crippen molar-refractivity contribution in [2.24, 2.45) is 5.73 Å². The first-order valence-electron chi connectivity index (χ1n) is 5.76. The number of carbonyl (C=O) groups excluding carboxylic acids is 2. The summed E-state index contributed by atoms with van der Waals surface area (Å²) in [6.07, 6.45) is -5.09. The lowest BCUT2D eigenvalue weighted by molar-refractivity contribution is -0.167. The average Bonchev–Trinajstić information content (AvgIpc) is 2.82. The van der Waals surface area contributed by atoms with E-state index in [0.717, 1.165) is 23.5 Å². The van der Waals surface area contributed by atoms with Gasteiger partial charge in [0.25, 0.3) is 5.91 Å². The standard InChI is InChI=1S/C13H8F4N2O2S/c14-7-3-1-6(2-4-7)9-5-8(10(22-9)11(18)20)19-12(21)13(15,16)17/h1-5H,(H2,18,20)(H,19,21). The number of thiophene rings is 1.